The Bertz CT molecular complexity index is 1420. The first-order chi connectivity index (χ1) is 17.9. The van der Waals surface area contributed by atoms with E-state index in [4.69, 9.17) is 4.74 Å². The maximum absolute atomic E-state index is 13.0. The second-order valence-electron chi connectivity index (χ2n) is 8.25. The van der Waals surface area contributed by atoms with Gasteiger partial charge in [-0.05, 0) is 61.4 Å². The number of carbonyl (C=O) groups is 1. The summed E-state index contributed by atoms with van der Waals surface area (Å²) in [6.07, 6.45) is 5.89. The number of aryl methyl sites for hydroxylation is 1. The SMILES string of the molecule is CCCOc1cc(C(=O)Nc2ccc(C)c(Nc3nccc(-c4cccnc4)n3)c2)ccc1CS(=O)O. The molecule has 2 aromatic carbocycles. The summed E-state index contributed by atoms with van der Waals surface area (Å²) in [6.45, 7) is 4.34. The third-order valence-electron chi connectivity index (χ3n) is 5.42. The molecule has 2 aromatic heterocycles. The number of rotatable bonds is 10. The molecule has 1 unspecified atom stereocenters. The van der Waals surface area contributed by atoms with Gasteiger partial charge in [-0.15, -0.1) is 0 Å². The van der Waals surface area contributed by atoms with Crippen molar-refractivity contribution in [3.63, 3.8) is 0 Å². The zero-order chi connectivity index (χ0) is 26.2. The summed E-state index contributed by atoms with van der Waals surface area (Å²) in [4.78, 5) is 26.0. The van der Waals surface area contributed by atoms with Gasteiger partial charge in [-0.3, -0.25) is 9.78 Å². The van der Waals surface area contributed by atoms with E-state index in [0.717, 1.165) is 28.9 Å². The number of carbonyl (C=O) groups excluding carboxylic acids is 1. The van der Waals surface area contributed by atoms with Crippen molar-refractivity contribution in [1.29, 1.82) is 0 Å². The van der Waals surface area contributed by atoms with Crippen molar-refractivity contribution < 1.29 is 18.3 Å². The molecule has 0 saturated carbocycles. The van der Waals surface area contributed by atoms with Crippen LogP contribution in [0.3, 0.4) is 0 Å². The predicted molar refractivity (Wildman–Crippen MR) is 144 cm³/mol. The van der Waals surface area contributed by atoms with Crippen LogP contribution >= 0.6 is 0 Å². The standard InChI is InChI=1S/C27H27N5O4S/c1-3-13-36-25-14-19(7-8-21(25)17-37(34)35)26(33)30-22-9-6-18(2)24(15-22)32-27-29-12-10-23(31-27)20-5-4-11-28-16-20/h4-12,14-16H,3,13,17H2,1-2H3,(H,30,33)(H,34,35)(H,29,31,32). The Kier molecular flexibility index (Phi) is 8.55. The minimum absolute atomic E-state index is 0.0714. The molecule has 0 aliphatic rings. The first-order valence-corrected chi connectivity index (χ1v) is 13.0. The lowest BCUT2D eigenvalue weighted by molar-refractivity contribution is 0.102. The summed E-state index contributed by atoms with van der Waals surface area (Å²) >= 11 is -2.02. The number of nitrogens with zero attached hydrogens (tertiary/aromatic N) is 3. The fraction of sp³-hybridized carbons (Fsp3) is 0.185. The highest BCUT2D eigenvalue weighted by Crippen LogP contribution is 2.26. The number of aromatic nitrogens is 3. The van der Waals surface area contributed by atoms with E-state index in [1.165, 1.54) is 0 Å². The minimum Gasteiger partial charge on any atom is -0.493 e. The molecule has 10 heteroatoms. The molecule has 0 aliphatic carbocycles. The van der Waals surface area contributed by atoms with Gasteiger partial charge in [0.1, 0.15) is 5.75 Å². The molecule has 37 heavy (non-hydrogen) atoms. The van der Waals surface area contributed by atoms with E-state index in [0.29, 0.717) is 35.1 Å². The number of benzene rings is 2. The number of amides is 1. The molecule has 3 N–H and O–H groups in total. The molecule has 1 atom stereocenters. The Balaban J connectivity index is 1.52. The fourth-order valence-corrected chi connectivity index (χ4v) is 4.05. The van der Waals surface area contributed by atoms with Crippen molar-refractivity contribution in [2.45, 2.75) is 26.0 Å². The largest absolute Gasteiger partial charge is 0.493 e. The van der Waals surface area contributed by atoms with Crippen LogP contribution in [-0.4, -0.2) is 36.2 Å². The molecular formula is C27H27N5O4S. The summed E-state index contributed by atoms with van der Waals surface area (Å²) in [5.74, 6) is 0.441. The third-order valence-corrected chi connectivity index (χ3v) is 5.98. The lowest BCUT2D eigenvalue weighted by Crippen LogP contribution is -2.13. The van der Waals surface area contributed by atoms with Crippen LogP contribution in [-0.2, 0) is 16.8 Å². The Labute approximate surface area is 217 Å². The Morgan fingerprint density at radius 2 is 1.97 bits per heavy atom. The average molecular weight is 518 g/mol. The van der Waals surface area contributed by atoms with Gasteiger partial charge >= 0.3 is 0 Å². The summed E-state index contributed by atoms with van der Waals surface area (Å²) in [7, 11) is 0. The molecule has 0 spiro atoms. The molecule has 190 valence electrons. The number of ether oxygens (including phenoxy) is 1. The van der Waals surface area contributed by atoms with Crippen molar-refractivity contribution >= 4 is 34.3 Å². The minimum atomic E-state index is -2.02. The highest BCUT2D eigenvalue weighted by molar-refractivity contribution is 7.78. The van der Waals surface area contributed by atoms with Crippen molar-refractivity contribution in [2.24, 2.45) is 0 Å². The van der Waals surface area contributed by atoms with Gasteiger partial charge in [0.2, 0.25) is 5.95 Å². The van der Waals surface area contributed by atoms with E-state index in [1.54, 1.807) is 36.8 Å². The van der Waals surface area contributed by atoms with Crippen LogP contribution in [0.1, 0.15) is 34.8 Å². The van der Waals surface area contributed by atoms with Crippen LogP contribution in [0.15, 0.2) is 73.2 Å². The number of pyridine rings is 1. The third kappa shape index (κ3) is 6.96. The summed E-state index contributed by atoms with van der Waals surface area (Å²) in [6, 6.07) is 15.9. The number of hydrogen-bond acceptors (Lipinski definition) is 7. The van der Waals surface area contributed by atoms with E-state index in [9.17, 15) is 13.6 Å². The Morgan fingerprint density at radius 1 is 1.11 bits per heavy atom. The van der Waals surface area contributed by atoms with Gasteiger partial charge < -0.3 is 19.9 Å². The van der Waals surface area contributed by atoms with Crippen molar-refractivity contribution in [2.75, 3.05) is 17.2 Å². The summed E-state index contributed by atoms with van der Waals surface area (Å²) in [5.41, 5.74) is 4.84. The van der Waals surface area contributed by atoms with Gasteiger partial charge in [-0.1, -0.05) is 19.1 Å². The average Bonchev–Trinajstić information content (AvgIpc) is 2.90. The van der Waals surface area contributed by atoms with Crippen LogP contribution in [0, 0.1) is 6.92 Å². The highest BCUT2D eigenvalue weighted by Gasteiger charge is 2.14. The topological polar surface area (TPSA) is 126 Å². The molecule has 4 aromatic rings. The van der Waals surface area contributed by atoms with Crippen LogP contribution in [0.25, 0.3) is 11.3 Å². The van der Waals surface area contributed by atoms with Gasteiger partial charge in [0, 0.05) is 46.7 Å². The molecular weight excluding hydrogens is 490 g/mol. The quantitative estimate of drug-likeness (QED) is 0.240. The van der Waals surface area contributed by atoms with Gasteiger partial charge in [0.05, 0.1) is 18.1 Å². The van der Waals surface area contributed by atoms with Gasteiger partial charge in [-0.2, -0.15) is 0 Å². The second kappa shape index (κ2) is 12.2. The predicted octanol–water partition coefficient (Wildman–Crippen LogP) is 5.35. The second-order valence-corrected chi connectivity index (χ2v) is 9.18. The maximum Gasteiger partial charge on any atom is 0.255 e. The smallest absolute Gasteiger partial charge is 0.255 e. The number of anilines is 3. The molecule has 4 rings (SSSR count). The van der Waals surface area contributed by atoms with E-state index < -0.39 is 11.1 Å². The van der Waals surface area contributed by atoms with Crippen molar-refractivity contribution in [3.05, 3.63) is 89.9 Å². The van der Waals surface area contributed by atoms with Crippen LogP contribution in [0.2, 0.25) is 0 Å². The highest BCUT2D eigenvalue weighted by atomic mass is 32.2. The van der Waals surface area contributed by atoms with E-state index in [-0.39, 0.29) is 11.7 Å². The fourth-order valence-electron chi connectivity index (χ4n) is 3.55. The molecule has 9 nitrogen and oxygen atoms in total. The number of hydrogen-bond donors (Lipinski definition) is 3. The lowest BCUT2D eigenvalue weighted by atomic mass is 10.1. The molecule has 0 bridgehead atoms. The molecule has 0 saturated heterocycles. The van der Waals surface area contributed by atoms with Crippen molar-refractivity contribution in [3.8, 4) is 17.0 Å². The molecule has 0 radical (unpaired) electrons. The van der Waals surface area contributed by atoms with Crippen molar-refractivity contribution in [1.82, 2.24) is 15.0 Å². The maximum atomic E-state index is 13.0. The van der Waals surface area contributed by atoms with E-state index >= 15 is 0 Å². The van der Waals surface area contributed by atoms with Gasteiger partial charge in [-0.25, -0.2) is 14.2 Å². The molecule has 0 fully saturated rings. The molecule has 1 amide bonds. The zero-order valence-corrected chi connectivity index (χ0v) is 21.3. The molecule has 0 aliphatic heterocycles. The first-order valence-electron chi connectivity index (χ1n) is 11.7. The first kappa shape index (κ1) is 25.9. The monoisotopic (exact) mass is 517 g/mol. The van der Waals surface area contributed by atoms with Crippen LogP contribution < -0.4 is 15.4 Å². The van der Waals surface area contributed by atoms with E-state index in [2.05, 4.69) is 25.6 Å². The van der Waals surface area contributed by atoms with Gasteiger partial charge in [0.15, 0.2) is 11.1 Å². The zero-order valence-electron chi connectivity index (χ0n) is 20.5. The Morgan fingerprint density at radius 3 is 2.73 bits per heavy atom. The Hall–Kier alpha value is -4.15. The summed E-state index contributed by atoms with van der Waals surface area (Å²) in [5, 5.41) is 6.13. The normalized spacial score (nSPS) is 11.5. The molecule has 2 heterocycles. The van der Waals surface area contributed by atoms with Gasteiger partial charge in [0.25, 0.3) is 5.91 Å². The van der Waals surface area contributed by atoms with Crippen LogP contribution in [0.4, 0.5) is 17.3 Å². The van der Waals surface area contributed by atoms with E-state index in [1.807, 2.05) is 50.2 Å². The van der Waals surface area contributed by atoms with Crippen LogP contribution in [0.5, 0.6) is 5.75 Å². The summed E-state index contributed by atoms with van der Waals surface area (Å²) < 4.78 is 26.3. The lowest BCUT2D eigenvalue weighted by Gasteiger charge is -2.14. The number of nitrogens with one attached hydrogen (secondary N) is 2.